The lowest BCUT2D eigenvalue weighted by molar-refractivity contribution is 0.601. The van der Waals surface area contributed by atoms with Gasteiger partial charge in [0.25, 0.3) is 0 Å². The Hall–Kier alpha value is -5.86. The number of aryl methyl sites for hydroxylation is 8. The molecule has 0 saturated carbocycles. The lowest BCUT2D eigenvalue weighted by Crippen LogP contribution is -2.24. The van der Waals surface area contributed by atoms with Crippen LogP contribution >= 0.6 is 0 Å². The van der Waals surface area contributed by atoms with Gasteiger partial charge in [0.05, 0.1) is 0 Å². The highest BCUT2D eigenvalue weighted by Crippen LogP contribution is 2.61. The predicted molar refractivity (Wildman–Crippen MR) is 249 cm³/mol. The van der Waals surface area contributed by atoms with Gasteiger partial charge in [-0.3, -0.25) is 0 Å². The Labute approximate surface area is 346 Å². The maximum atomic E-state index is 2.50. The molecule has 0 amide bonds. The minimum atomic E-state index is -0.222. The highest BCUT2D eigenvalue weighted by molar-refractivity contribution is 5.96. The van der Waals surface area contributed by atoms with Crippen molar-refractivity contribution in [1.82, 2.24) is 0 Å². The van der Waals surface area contributed by atoms with E-state index in [1.54, 1.807) is 0 Å². The van der Waals surface area contributed by atoms with E-state index < -0.39 is 0 Å². The molecule has 0 N–H and O–H groups in total. The maximum Gasteiger partial charge on any atom is 0.0493 e. The van der Waals surface area contributed by atoms with Crippen molar-refractivity contribution in [2.24, 2.45) is 0 Å². The van der Waals surface area contributed by atoms with Crippen LogP contribution in [0.1, 0.15) is 94.5 Å². The van der Waals surface area contributed by atoms with Crippen LogP contribution in [0, 0.1) is 55.4 Å². The highest BCUT2D eigenvalue weighted by Gasteiger charge is 2.47. The fourth-order valence-corrected chi connectivity index (χ4v) is 10.2. The van der Waals surface area contributed by atoms with Gasteiger partial charge < -0.3 is 9.80 Å². The molecule has 7 aromatic rings. The summed E-state index contributed by atoms with van der Waals surface area (Å²) < 4.78 is 0. The molecular formula is C56H56N2. The summed E-state index contributed by atoms with van der Waals surface area (Å²) in [5, 5.41) is 0. The van der Waals surface area contributed by atoms with Crippen molar-refractivity contribution >= 4 is 34.1 Å². The molecule has 0 spiro atoms. The van der Waals surface area contributed by atoms with E-state index in [1.807, 2.05) is 0 Å². The van der Waals surface area contributed by atoms with Crippen molar-refractivity contribution in [3.05, 3.63) is 188 Å². The molecule has 7 aromatic carbocycles. The summed E-state index contributed by atoms with van der Waals surface area (Å²) in [6.45, 7) is 27.7. The van der Waals surface area contributed by atoms with E-state index >= 15 is 0 Å². The van der Waals surface area contributed by atoms with Gasteiger partial charge in [0.15, 0.2) is 0 Å². The van der Waals surface area contributed by atoms with Crippen LogP contribution in [0.5, 0.6) is 0 Å². The molecule has 0 aliphatic heterocycles. The molecule has 290 valence electrons. The second-order valence-electron chi connectivity index (χ2n) is 18.5. The molecule has 0 heterocycles. The first-order chi connectivity index (χ1) is 27.6. The molecule has 0 unspecified atom stereocenters. The Morgan fingerprint density at radius 1 is 0.328 bits per heavy atom. The zero-order chi connectivity index (χ0) is 41.0. The first-order valence-corrected chi connectivity index (χ1v) is 20.9. The molecule has 2 heteroatoms. The van der Waals surface area contributed by atoms with E-state index in [0.29, 0.717) is 0 Å². The van der Waals surface area contributed by atoms with Gasteiger partial charge >= 0.3 is 0 Å². The maximum absolute atomic E-state index is 2.50. The second-order valence-corrected chi connectivity index (χ2v) is 18.5. The first-order valence-electron chi connectivity index (χ1n) is 20.9. The van der Waals surface area contributed by atoms with E-state index in [9.17, 15) is 0 Å². The van der Waals surface area contributed by atoms with Gasteiger partial charge in [-0.15, -0.1) is 0 Å². The normalized spacial score (nSPS) is 14.1. The number of hydrogen-bond acceptors (Lipinski definition) is 2. The fourth-order valence-electron chi connectivity index (χ4n) is 10.2. The van der Waals surface area contributed by atoms with E-state index in [0.717, 1.165) is 0 Å². The summed E-state index contributed by atoms with van der Waals surface area (Å²) in [7, 11) is 0. The van der Waals surface area contributed by atoms with Crippen LogP contribution < -0.4 is 9.80 Å². The zero-order valence-corrected chi connectivity index (χ0v) is 36.4. The lowest BCUT2D eigenvalue weighted by atomic mass is 9.72. The number of benzene rings is 7. The van der Waals surface area contributed by atoms with Crippen molar-refractivity contribution < 1.29 is 0 Å². The van der Waals surface area contributed by atoms with Crippen LogP contribution in [0.3, 0.4) is 0 Å². The average molecular weight is 757 g/mol. The monoisotopic (exact) mass is 756 g/mol. The molecule has 58 heavy (non-hydrogen) atoms. The fraction of sp³-hybridized carbons (Fsp3) is 0.250. The Kier molecular flexibility index (Phi) is 8.68. The molecule has 9 rings (SSSR count). The van der Waals surface area contributed by atoms with Gasteiger partial charge in [0.2, 0.25) is 0 Å². The minimum Gasteiger partial charge on any atom is -0.310 e. The smallest absolute Gasteiger partial charge is 0.0493 e. The van der Waals surface area contributed by atoms with E-state index in [1.165, 1.54) is 123 Å². The Morgan fingerprint density at radius 3 is 1.03 bits per heavy atom. The summed E-state index contributed by atoms with van der Waals surface area (Å²) in [5.74, 6) is 0. The molecule has 2 nitrogen and oxygen atoms in total. The van der Waals surface area contributed by atoms with Crippen molar-refractivity contribution in [1.29, 1.82) is 0 Å². The SMILES string of the molecule is Cc1ccc(N(c2cc(C)c3c(c2)C(C)(C)c2c-3ccc3c2C(C)(C)c2cc(N(c4ccc(C)cc4)c4cc(C)ccc4C)cc(C)c2-3)c2cc(C)ccc2C)cc1. The minimum absolute atomic E-state index is 0.222. The largest absolute Gasteiger partial charge is 0.310 e. The van der Waals surface area contributed by atoms with Gasteiger partial charge in [0, 0.05) is 45.0 Å². The van der Waals surface area contributed by atoms with Crippen LogP contribution in [0.4, 0.5) is 34.1 Å². The first kappa shape index (κ1) is 37.7. The predicted octanol–water partition coefficient (Wildman–Crippen LogP) is 15.7. The van der Waals surface area contributed by atoms with Crippen molar-refractivity contribution in [3.63, 3.8) is 0 Å². The standard InChI is InChI=1S/C56H56N2/c1-33-15-21-41(22-16-33)57(49-27-35(3)13-19-37(49)5)43-29-39(7)51-45-25-26-46-52-40(8)30-44(32-48(52)56(11,12)54(46)53(45)55(9,10)47(51)31-43)58(42-23-17-34(2)18-24-42)50-28-36(4)14-20-38(50)6/h13-32H,1-12H3. The van der Waals surface area contributed by atoms with Crippen molar-refractivity contribution in [2.45, 2.75) is 93.9 Å². The number of rotatable bonds is 6. The van der Waals surface area contributed by atoms with E-state index in [4.69, 9.17) is 0 Å². The highest BCUT2D eigenvalue weighted by atomic mass is 15.2. The molecule has 0 bridgehead atoms. The molecule has 2 aliphatic rings. The number of nitrogens with zero attached hydrogens (tertiary/aromatic N) is 2. The van der Waals surface area contributed by atoms with Gasteiger partial charge in [-0.25, -0.2) is 0 Å². The molecule has 0 aromatic heterocycles. The molecule has 0 atom stereocenters. The topological polar surface area (TPSA) is 6.48 Å². The Morgan fingerprint density at radius 2 is 0.672 bits per heavy atom. The van der Waals surface area contributed by atoms with Gasteiger partial charge in [-0.2, -0.15) is 0 Å². The van der Waals surface area contributed by atoms with Crippen molar-refractivity contribution in [3.8, 4) is 22.3 Å². The van der Waals surface area contributed by atoms with Crippen LogP contribution in [0.2, 0.25) is 0 Å². The Balaban J connectivity index is 1.21. The van der Waals surface area contributed by atoms with Gasteiger partial charge in [-0.05, 0) is 194 Å². The van der Waals surface area contributed by atoms with Gasteiger partial charge in [-0.1, -0.05) is 99.5 Å². The number of anilines is 6. The number of hydrogen-bond donors (Lipinski definition) is 0. The third-order valence-corrected chi connectivity index (χ3v) is 13.3. The molecule has 0 fully saturated rings. The quantitative estimate of drug-likeness (QED) is 0.167. The van der Waals surface area contributed by atoms with Crippen LogP contribution in [-0.4, -0.2) is 0 Å². The zero-order valence-electron chi connectivity index (χ0n) is 36.4. The molecule has 0 radical (unpaired) electrons. The van der Waals surface area contributed by atoms with Crippen LogP contribution in [-0.2, 0) is 10.8 Å². The molecule has 0 saturated heterocycles. The number of fused-ring (bicyclic) bond motifs is 7. The third kappa shape index (κ3) is 5.75. The lowest BCUT2D eigenvalue weighted by Gasteiger charge is -2.32. The summed E-state index contributed by atoms with van der Waals surface area (Å²) in [6, 6.07) is 46.3. The van der Waals surface area contributed by atoms with E-state index in [-0.39, 0.29) is 10.8 Å². The van der Waals surface area contributed by atoms with Crippen molar-refractivity contribution in [2.75, 3.05) is 9.80 Å². The summed E-state index contributed by atoms with van der Waals surface area (Å²) in [6.07, 6.45) is 0. The second kappa shape index (κ2) is 13.3. The van der Waals surface area contributed by atoms with Crippen LogP contribution in [0.25, 0.3) is 22.3 Å². The van der Waals surface area contributed by atoms with Crippen LogP contribution in [0.15, 0.2) is 121 Å². The summed E-state index contributed by atoms with van der Waals surface area (Å²) in [4.78, 5) is 4.94. The summed E-state index contributed by atoms with van der Waals surface area (Å²) in [5.41, 5.74) is 28.3. The van der Waals surface area contributed by atoms with E-state index in [2.05, 4.69) is 214 Å². The Bertz CT molecular complexity index is 2600. The average Bonchev–Trinajstić information content (AvgIpc) is 3.55. The van der Waals surface area contributed by atoms with Gasteiger partial charge in [0.1, 0.15) is 0 Å². The summed E-state index contributed by atoms with van der Waals surface area (Å²) >= 11 is 0. The molecular weight excluding hydrogens is 701 g/mol. The molecule has 2 aliphatic carbocycles. The third-order valence-electron chi connectivity index (χ3n) is 13.3.